The molecule has 1 saturated heterocycles. The van der Waals surface area contributed by atoms with Crippen LogP contribution < -0.4 is 5.32 Å². The highest BCUT2D eigenvalue weighted by Crippen LogP contribution is 2.19. The van der Waals surface area contributed by atoms with Gasteiger partial charge >= 0.3 is 0 Å². The fourth-order valence-electron chi connectivity index (χ4n) is 3.09. The van der Waals surface area contributed by atoms with E-state index >= 15 is 0 Å². The van der Waals surface area contributed by atoms with Gasteiger partial charge in [0.25, 0.3) is 0 Å². The minimum atomic E-state index is 0.573. The molecule has 0 spiro atoms. The van der Waals surface area contributed by atoms with Crippen LogP contribution in [0.3, 0.4) is 0 Å². The summed E-state index contributed by atoms with van der Waals surface area (Å²) in [6.07, 6.45) is 2.52. The molecule has 0 saturated carbocycles. The zero-order chi connectivity index (χ0) is 15.4. The lowest BCUT2D eigenvalue weighted by atomic mass is 10.1. The summed E-state index contributed by atoms with van der Waals surface area (Å²) in [4.78, 5) is 2.58. The van der Waals surface area contributed by atoms with Crippen LogP contribution in [0, 0.1) is 5.92 Å². The molecule has 1 aromatic carbocycles. The van der Waals surface area contributed by atoms with Crippen molar-refractivity contribution in [3.8, 4) is 5.69 Å². The Morgan fingerprint density at radius 1 is 1.27 bits per heavy atom. The molecular formula is C16H24N6. The second-order valence-electron chi connectivity index (χ2n) is 6.32. The molecule has 2 heterocycles. The van der Waals surface area contributed by atoms with Crippen molar-refractivity contribution in [1.29, 1.82) is 0 Å². The fourth-order valence-corrected chi connectivity index (χ4v) is 3.09. The maximum Gasteiger partial charge on any atom is 0.247 e. The molecule has 0 amide bonds. The lowest BCUT2D eigenvalue weighted by Gasteiger charge is -2.26. The predicted molar refractivity (Wildman–Crippen MR) is 87.1 cm³/mol. The van der Waals surface area contributed by atoms with Gasteiger partial charge in [0.2, 0.25) is 5.95 Å². The highest BCUT2D eigenvalue weighted by molar-refractivity contribution is 5.38. The second-order valence-corrected chi connectivity index (χ2v) is 6.32. The molecule has 1 N–H and O–H groups in total. The van der Waals surface area contributed by atoms with Crippen LogP contribution in [-0.4, -0.2) is 50.8 Å². The highest BCUT2D eigenvalue weighted by atomic mass is 15.6. The molecule has 0 unspecified atom stereocenters. The number of hydrogen-bond acceptors (Lipinski definition) is 5. The number of benzene rings is 1. The van der Waals surface area contributed by atoms with Crippen LogP contribution >= 0.6 is 0 Å². The van der Waals surface area contributed by atoms with Gasteiger partial charge in [-0.15, -0.1) is 0 Å². The van der Waals surface area contributed by atoms with Crippen molar-refractivity contribution in [3.63, 3.8) is 0 Å². The maximum absolute atomic E-state index is 4.11. The molecule has 6 nitrogen and oxygen atoms in total. The minimum absolute atomic E-state index is 0.573. The first-order valence-corrected chi connectivity index (χ1v) is 8.06. The summed E-state index contributed by atoms with van der Waals surface area (Å²) < 4.78 is 1.75. The molecule has 1 fully saturated rings. The quantitative estimate of drug-likeness (QED) is 0.886. The zero-order valence-electron chi connectivity index (χ0n) is 13.3. The number of nitrogens with zero attached hydrogens (tertiary/aromatic N) is 5. The third kappa shape index (κ3) is 3.44. The van der Waals surface area contributed by atoms with Crippen LogP contribution in [0.1, 0.15) is 26.7 Å². The Hall–Kier alpha value is -1.95. The van der Waals surface area contributed by atoms with Crippen LogP contribution in [0.5, 0.6) is 0 Å². The molecule has 6 heteroatoms. The number of tetrazole rings is 1. The Morgan fingerprint density at radius 2 is 2.09 bits per heavy atom. The van der Waals surface area contributed by atoms with E-state index in [4.69, 9.17) is 0 Å². The summed E-state index contributed by atoms with van der Waals surface area (Å²) in [5.41, 5.74) is 0.973. The summed E-state index contributed by atoms with van der Waals surface area (Å²) in [5, 5.41) is 15.4. The average molecular weight is 300 g/mol. The van der Waals surface area contributed by atoms with Crippen molar-refractivity contribution < 1.29 is 0 Å². The number of rotatable bonds is 6. The van der Waals surface area contributed by atoms with Crippen molar-refractivity contribution in [2.45, 2.75) is 32.7 Å². The van der Waals surface area contributed by atoms with Gasteiger partial charge in [-0.25, -0.2) is 0 Å². The predicted octanol–water partition coefficient (Wildman–Crippen LogP) is 2.19. The van der Waals surface area contributed by atoms with Crippen LogP contribution in [0.15, 0.2) is 30.3 Å². The van der Waals surface area contributed by atoms with Crippen molar-refractivity contribution in [1.82, 2.24) is 25.1 Å². The van der Waals surface area contributed by atoms with E-state index in [1.807, 2.05) is 30.3 Å². The summed E-state index contributed by atoms with van der Waals surface area (Å²) in [6, 6.07) is 10.5. The third-order valence-corrected chi connectivity index (χ3v) is 4.06. The Bertz CT molecular complexity index is 579. The van der Waals surface area contributed by atoms with E-state index in [0.29, 0.717) is 17.9 Å². The number of nitrogens with one attached hydrogen (secondary N) is 1. The van der Waals surface area contributed by atoms with E-state index in [0.717, 1.165) is 18.8 Å². The Kier molecular flexibility index (Phi) is 4.68. The fraction of sp³-hybridized carbons (Fsp3) is 0.562. The van der Waals surface area contributed by atoms with Crippen LogP contribution in [0.2, 0.25) is 0 Å². The number of likely N-dealkylation sites (tertiary alicyclic amines) is 1. The number of aromatic nitrogens is 4. The number of anilines is 1. The topological polar surface area (TPSA) is 58.9 Å². The molecule has 0 radical (unpaired) electrons. The first kappa shape index (κ1) is 15.0. The van der Waals surface area contributed by atoms with Crippen LogP contribution in [0.4, 0.5) is 5.95 Å². The summed E-state index contributed by atoms with van der Waals surface area (Å²) in [6.45, 7) is 7.81. The van der Waals surface area contributed by atoms with E-state index < -0.39 is 0 Å². The smallest absolute Gasteiger partial charge is 0.247 e. The van der Waals surface area contributed by atoms with Gasteiger partial charge in [-0.2, -0.15) is 4.68 Å². The largest absolute Gasteiger partial charge is 0.351 e. The van der Waals surface area contributed by atoms with E-state index in [1.165, 1.54) is 19.4 Å². The van der Waals surface area contributed by atoms with E-state index in [9.17, 15) is 0 Å². The molecule has 0 aliphatic carbocycles. The van der Waals surface area contributed by atoms with Crippen molar-refractivity contribution in [3.05, 3.63) is 30.3 Å². The van der Waals surface area contributed by atoms with E-state index in [2.05, 4.69) is 39.6 Å². The monoisotopic (exact) mass is 300 g/mol. The van der Waals surface area contributed by atoms with Crippen molar-refractivity contribution in [2.24, 2.45) is 5.92 Å². The molecule has 2 aromatic rings. The molecule has 1 aromatic heterocycles. The van der Waals surface area contributed by atoms with Gasteiger partial charge in [-0.1, -0.05) is 37.1 Å². The lowest BCUT2D eigenvalue weighted by molar-refractivity contribution is 0.234. The lowest BCUT2D eigenvalue weighted by Crippen LogP contribution is -2.37. The Balaban J connectivity index is 1.64. The SMILES string of the molecule is CC(C)CN1CCC[C@@H]1CNc1nnnn1-c1ccccc1. The first-order chi connectivity index (χ1) is 10.7. The zero-order valence-corrected chi connectivity index (χ0v) is 13.3. The van der Waals surface area contributed by atoms with Gasteiger partial charge in [-0.05, 0) is 47.9 Å². The second kappa shape index (κ2) is 6.87. The molecule has 0 bridgehead atoms. The van der Waals surface area contributed by atoms with Crippen LogP contribution in [0.25, 0.3) is 5.69 Å². The Labute approximate surface area is 131 Å². The standard InChI is InChI=1S/C16H24N6/c1-13(2)12-21-10-6-9-15(21)11-17-16-18-19-20-22(16)14-7-4-3-5-8-14/h3-5,7-8,13,15H,6,9-12H2,1-2H3,(H,17,18,20)/t15-/m1/s1. The van der Waals surface area contributed by atoms with Gasteiger partial charge in [0, 0.05) is 19.1 Å². The molecule has 1 aliphatic rings. The maximum atomic E-state index is 4.11. The van der Waals surface area contributed by atoms with Crippen molar-refractivity contribution in [2.75, 3.05) is 25.0 Å². The molecular weight excluding hydrogens is 276 g/mol. The molecule has 22 heavy (non-hydrogen) atoms. The molecule has 1 aliphatic heterocycles. The first-order valence-electron chi connectivity index (χ1n) is 8.06. The number of para-hydroxylation sites is 1. The highest BCUT2D eigenvalue weighted by Gasteiger charge is 2.25. The Morgan fingerprint density at radius 3 is 2.86 bits per heavy atom. The van der Waals surface area contributed by atoms with Gasteiger partial charge in [0.15, 0.2) is 0 Å². The third-order valence-electron chi connectivity index (χ3n) is 4.06. The molecule has 1 atom stereocenters. The van der Waals surface area contributed by atoms with Gasteiger partial charge in [0.05, 0.1) is 5.69 Å². The molecule has 118 valence electrons. The molecule has 3 rings (SSSR count). The number of hydrogen-bond donors (Lipinski definition) is 1. The average Bonchev–Trinajstić information content (AvgIpc) is 3.14. The minimum Gasteiger partial charge on any atom is -0.351 e. The van der Waals surface area contributed by atoms with Gasteiger partial charge < -0.3 is 5.32 Å². The van der Waals surface area contributed by atoms with Gasteiger partial charge in [0.1, 0.15) is 0 Å². The summed E-state index contributed by atoms with van der Waals surface area (Å²) in [7, 11) is 0. The van der Waals surface area contributed by atoms with Gasteiger partial charge in [-0.3, -0.25) is 4.90 Å². The van der Waals surface area contributed by atoms with E-state index in [-0.39, 0.29) is 0 Å². The summed E-state index contributed by atoms with van der Waals surface area (Å²) >= 11 is 0. The van der Waals surface area contributed by atoms with E-state index in [1.54, 1.807) is 4.68 Å². The van der Waals surface area contributed by atoms with Crippen LogP contribution in [-0.2, 0) is 0 Å². The van der Waals surface area contributed by atoms with Crippen molar-refractivity contribution >= 4 is 5.95 Å². The summed E-state index contributed by atoms with van der Waals surface area (Å²) in [5.74, 6) is 1.41. The normalized spacial score (nSPS) is 19.0.